The Bertz CT molecular complexity index is 537. The van der Waals surface area contributed by atoms with Gasteiger partial charge in [0.1, 0.15) is 0 Å². The van der Waals surface area contributed by atoms with E-state index in [0.717, 1.165) is 31.5 Å². The molecule has 114 valence electrons. The summed E-state index contributed by atoms with van der Waals surface area (Å²) in [4.78, 5) is 13.8. The molecule has 0 saturated carbocycles. The summed E-state index contributed by atoms with van der Waals surface area (Å²) in [6, 6.07) is 3.58. The largest absolute Gasteiger partial charge is 0.491 e. The van der Waals surface area contributed by atoms with Crippen LogP contribution in [0.15, 0.2) is 18.2 Å². The van der Waals surface area contributed by atoms with Crippen LogP contribution in [-0.4, -0.2) is 37.6 Å². The maximum atomic E-state index is 12.0. The fourth-order valence-corrected chi connectivity index (χ4v) is 2.65. The summed E-state index contributed by atoms with van der Waals surface area (Å²) in [7, 11) is 1.55. The van der Waals surface area contributed by atoms with Gasteiger partial charge >= 0.3 is 0 Å². The summed E-state index contributed by atoms with van der Waals surface area (Å²) in [5.41, 5.74) is 0.816. The fraction of sp³-hybridized carbons (Fsp3) is 0.438. The molecule has 4 nitrogen and oxygen atoms in total. The van der Waals surface area contributed by atoms with Gasteiger partial charge in [0.2, 0.25) is 5.91 Å². The van der Waals surface area contributed by atoms with Crippen LogP contribution in [0.1, 0.15) is 25.3 Å². The fourth-order valence-electron chi connectivity index (χ4n) is 2.36. The monoisotopic (exact) mass is 309 g/mol. The zero-order chi connectivity index (χ0) is 15.2. The van der Waals surface area contributed by atoms with Crippen LogP contribution in [0.25, 0.3) is 6.08 Å². The third-order valence-corrected chi connectivity index (χ3v) is 3.65. The van der Waals surface area contributed by atoms with Crippen molar-refractivity contribution in [1.82, 2.24) is 4.90 Å². The number of hydrogen-bond donors (Lipinski definition) is 0. The average Bonchev–Trinajstić information content (AvgIpc) is 2.99. The number of carbonyl (C=O) groups excluding carboxylic acids is 1. The number of halogens is 1. The summed E-state index contributed by atoms with van der Waals surface area (Å²) in [6.45, 7) is 4.10. The van der Waals surface area contributed by atoms with Crippen molar-refractivity contribution in [1.29, 1.82) is 0 Å². The van der Waals surface area contributed by atoms with Gasteiger partial charge in [-0.1, -0.05) is 11.6 Å². The average molecular weight is 310 g/mol. The van der Waals surface area contributed by atoms with E-state index in [1.165, 1.54) is 0 Å². The van der Waals surface area contributed by atoms with Gasteiger partial charge in [0.25, 0.3) is 0 Å². The predicted octanol–water partition coefficient (Wildman–Crippen LogP) is 3.38. The first-order valence-corrected chi connectivity index (χ1v) is 7.50. The van der Waals surface area contributed by atoms with Gasteiger partial charge in [-0.3, -0.25) is 4.79 Å². The highest BCUT2D eigenvalue weighted by atomic mass is 35.5. The second kappa shape index (κ2) is 7.36. The number of methoxy groups -OCH3 is 1. The van der Waals surface area contributed by atoms with E-state index in [9.17, 15) is 4.79 Å². The molecule has 0 aromatic heterocycles. The molecule has 1 aliphatic heterocycles. The van der Waals surface area contributed by atoms with Crippen LogP contribution >= 0.6 is 11.6 Å². The van der Waals surface area contributed by atoms with Crippen molar-refractivity contribution in [3.05, 3.63) is 28.8 Å². The van der Waals surface area contributed by atoms with E-state index in [1.807, 2.05) is 17.9 Å². The van der Waals surface area contributed by atoms with Gasteiger partial charge in [0, 0.05) is 19.2 Å². The number of likely N-dealkylation sites (tertiary alicyclic amines) is 1. The van der Waals surface area contributed by atoms with Crippen LogP contribution in [0.2, 0.25) is 5.02 Å². The maximum Gasteiger partial charge on any atom is 0.246 e. The van der Waals surface area contributed by atoms with Crippen LogP contribution in [0.4, 0.5) is 0 Å². The van der Waals surface area contributed by atoms with Gasteiger partial charge in [0.05, 0.1) is 18.7 Å². The van der Waals surface area contributed by atoms with Crippen molar-refractivity contribution in [2.75, 3.05) is 26.8 Å². The molecule has 0 spiro atoms. The number of hydrogen-bond acceptors (Lipinski definition) is 3. The first kappa shape index (κ1) is 15.7. The van der Waals surface area contributed by atoms with Crippen molar-refractivity contribution >= 4 is 23.6 Å². The number of rotatable bonds is 5. The smallest absolute Gasteiger partial charge is 0.246 e. The van der Waals surface area contributed by atoms with E-state index >= 15 is 0 Å². The van der Waals surface area contributed by atoms with Crippen molar-refractivity contribution in [2.24, 2.45) is 0 Å². The number of benzene rings is 1. The highest BCUT2D eigenvalue weighted by molar-refractivity contribution is 6.32. The third-order valence-electron chi connectivity index (χ3n) is 3.37. The van der Waals surface area contributed by atoms with Crippen molar-refractivity contribution in [3.63, 3.8) is 0 Å². The Hall–Kier alpha value is -1.68. The first-order valence-electron chi connectivity index (χ1n) is 7.13. The molecule has 0 bridgehead atoms. The molecule has 0 N–H and O–H groups in total. The lowest BCUT2D eigenvalue weighted by Gasteiger charge is -2.13. The van der Waals surface area contributed by atoms with Crippen LogP contribution < -0.4 is 9.47 Å². The van der Waals surface area contributed by atoms with Gasteiger partial charge in [0.15, 0.2) is 11.5 Å². The highest BCUT2D eigenvalue weighted by Gasteiger charge is 2.15. The van der Waals surface area contributed by atoms with E-state index in [4.69, 9.17) is 21.1 Å². The normalized spacial score (nSPS) is 14.7. The summed E-state index contributed by atoms with van der Waals surface area (Å²) >= 11 is 6.18. The quantitative estimate of drug-likeness (QED) is 0.783. The molecule has 2 rings (SSSR count). The third kappa shape index (κ3) is 3.91. The molecule has 1 amide bonds. The first-order chi connectivity index (χ1) is 10.2. The minimum atomic E-state index is 0.0393. The zero-order valence-corrected chi connectivity index (χ0v) is 13.2. The standard InChI is InChI=1S/C16H20ClNO3/c1-3-21-14-11-12(10-13(17)16(14)20-2)6-7-15(19)18-8-4-5-9-18/h6-7,10-11H,3-5,8-9H2,1-2H3/b7-6+. The molecule has 1 aromatic rings. The van der Waals surface area contributed by atoms with Crippen LogP contribution in [0.3, 0.4) is 0 Å². The van der Waals surface area contributed by atoms with Crippen LogP contribution in [0, 0.1) is 0 Å². The van der Waals surface area contributed by atoms with Gasteiger partial charge in [-0.05, 0) is 43.5 Å². The Morgan fingerprint density at radius 1 is 1.38 bits per heavy atom. The second-order valence-corrected chi connectivity index (χ2v) is 5.24. The Morgan fingerprint density at radius 2 is 2.10 bits per heavy atom. The Morgan fingerprint density at radius 3 is 2.71 bits per heavy atom. The molecule has 0 unspecified atom stereocenters. The molecular formula is C16H20ClNO3. The molecular weight excluding hydrogens is 290 g/mol. The molecule has 1 aliphatic rings. The number of amides is 1. The summed E-state index contributed by atoms with van der Waals surface area (Å²) in [5.74, 6) is 1.14. The van der Waals surface area contributed by atoms with Gasteiger partial charge in [-0.2, -0.15) is 0 Å². The lowest BCUT2D eigenvalue weighted by atomic mass is 10.2. The summed E-state index contributed by atoms with van der Waals surface area (Å²) < 4.78 is 10.8. The minimum absolute atomic E-state index is 0.0393. The Balaban J connectivity index is 2.17. The maximum absolute atomic E-state index is 12.0. The summed E-state index contributed by atoms with van der Waals surface area (Å²) in [5, 5.41) is 0.469. The number of carbonyl (C=O) groups is 1. The topological polar surface area (TPSA) is 38.8 Å². The van der Waals surface area contributed by atoms with Crippen LogP contribution in [-0.2, 0) is 4.79 Å². The van der Waals surface area contributed by atoms with E-state index in [2.05, 4.69) is 0 Å². The molecule has 1 aromatic carbocycles. The van der Waals surface area contributed by atoms with E-state index in [0.29, 0.717) is 23.1 Å². The van der Waals surface area contributed by atoms with Crippen molar-refractivity contribution in [3.8, 4) is 11.5 Å². The molecule has 1 fully saturated rings. The number of nitrogens with zero attached hydrogens (tertiary/aromatic N) is 1. The van der Waals surface area contributed by atoms with Crippen molar-refractivity contribution < 1.29 is 14.3 Å². The van der Waals surface area contributed by atoms with Gasteiger partial charge < -0.3 is 14.4 Å². The SMILES string of the molecule is CCOc1cc(/C=C/C(=O)N2CCCC2)cc(Cl)c1OC. The lowest BCUT2D eigenvalue weighted by Crippen LogP contribution is -2.25. The molecule has 5 heteroatoms. The molecule has 1 saturated heterocycles. The number of ether oxygens (including phenoxy) is 2. The Labute approximate surface area is 130 Å². The molecule has 0 aliphatic carbocycles. The second-order valence-electron chi connectivity index (χ2n) is 4.83. The lowest BCUT2D eigenvalue weighted by molar-refractivity contribution is -0.124. The van der Waals surface area contributed by atoms with E-state index < -0.39 is 0 Å². The summed E-state index contributed by atoms with van der Waals surface area (Å²) in [6.07, 6.45) is 5.51. The van der Waals surface area contributed by atoms with Crippen molar-refractivity contribution in [2.45, 2.75) is 19.8 Å². The van der Waals surface area contributed by atoms with Gasteiger partial charge in [-0.15, -0.1) is 0 Å². The molecule has 21 heavy (non-hydrogen) atoms. The molecule has 0 radical (unpaired) electrons. The van der Waals surface area contributed by atoms with E-state index in [-0.39, 0.29) is 5.91 Å². The molecule has 0 atom stereocenters. The molecule has 1 heterocycles. The highest BCUT2D eigenvalue weighted by Crippen LogP contribution is 2.36. The predicted molar refractivity (Wildman–Crippen MR) is 84.0 cm³/mol. The van der Waals surface area contributed by atoms with Crippen LogP contribution in [0.5, 0.6) is 11.5 Å². The van der Waals surface area contributed by atoms with E-state index in [1.54, 1.807) is 25.3 Å². The minimum Gasteiger partial charge on any atom is -0.491 e. The Kier molecular flexibility index (Phi) is 5.51. The zero-order valence-electron chi connectivity index (χ0n) is 12.4. The van der Waals surface area contributed by atoms with Gasteiger partial charge in [-0.25, -0.2) is 0 Å².